The van der Waals surface area contributed by atoms with Crippen LogP contribution in [0.25, 0.3) is 0 Å². The van der Waals surface area contributed by atoms with Crippen LogP contribution in [-0.2, 0) is 29.2 Å². The molecule has 4 aliphatic rings. The molecule has 0 amide bonds. The van der Waals surface area contributed by atoms with Gasteiger partial charge in [0, 0.05) is 12.0 Å². The summed E-state index contributed by atoms with van der Waals surface area (Å²) in [5.74, 6) is -2.81. The third-order valence-corrected chi connectivity index (χ3v) is 7.17. The van der Waals surface area contributed by atoms with Crippen LogP contribution in [0.5, 0.6) is 0 Å². The molecule has 3 atom stereocenters. The summed E-state index contributed by atoms with van der Waals surface area (Å²) in [4.78, 5) is 24.9. The Morgan fingerprint density at radius 3 is 2.03 bits per heavy atom. The maximum absolute atomic E-state index is 13.8. The molecular formula is C18H21F5O7S. The molecule has 0 aromatic rings. The molecule has 31 heavy (non-hydrogen) atoms. The average Bonchev–Trinajstić information content (AvgIpc) is 2.55. The Bertz CT molecular complexity index is 897. The van der Waals surface area contributed by atoms with Crippen molar-refractivity contribution in [3.05, 3.63) is 12.2 Å². The zero-order chi connectivity index (χ0) is 23.6. The third-order valence-electron chi connectivity index (χ3n) is 6.27. The molecule has 4 bridgehead atoms. The molecule has 0 aromatic carbocycles. The minimum atomic E-state index is -6.53. The van der Waals surface area contributed by atoms with Crippen molar-refractivity contribution >= 4 is 22.1 Å². The summed E-state index contributed by atoms with van der Waals surface area (Å²) in [5.41, 5.74) is -2.73. The van der Waals surface area contributed by atoms with Crippen molar-refractivity contribution < 1.29 is 54.0 Å². The van der Waals surface area contributed by atoms with E-state index in [0.29, 0.717) is 19.3 Å². The van der Waals surface area contributed by atoms with Gasteiger partial charge < -0.3 is 9.47 Å². The van der Waals surface area contributed by atoms with Crippen LogP contribution in [0.2, 0.25) is 0 Å². The van der Waals surface area contributed by atoms with E-state index in [0.717, 1.165) is 0 Å². The molecule has 4 rings (SSSR count). The lowest BCUT2D eigenvalue weighted by Gasteiger charge is -2.59. The first-order valence-electron chi connectivity index (χ1n) is 9.42. The monoisotopic (exact) mass is 476 g/mol. The minimum Gasteiger partial charge on any atom is -0.456 e. The maximum Gasteiger partial charge on any atom is 0.432 e. The van der Waals surface area contributed by atoms with E-state index in [-0.39, 0.29) is 36.7 Å². The highest BCUT2D eigenvalue weighted by Crippen LogP contribution is 2.63. The van der Waals surface area contributed by atoms with E-state index in [2.05, 4.69) is 11.3 Å². The van der Waals surface area contributed by atoms with Crippen LogP contribution in [0.15, 0.2) is 12.2 Å². The second-order valence-electron chi connectivity index (χ2n) is 8.96. The van der Waals surface area contributed by atoms with E-state index < -0.39 is 50.6 Å². The van der Waals surface area contributed by atoms with Crippen LogP contribution in [0.4, 0.5) is 22.0 Å². The highest BCUT2D eigenvalue weighted by molar-refractivity contribution is 7.86. The van der Waals surface area contributed by atoms with Crippen molar-refractivity contribution in [2.75, 3.05) is 0 Å². The number of halogens is 5. The third kappa shape index (κ3) is 4.18. The number of ether oxygens (including phenoxy) is 2. The molecule has 1 N–H and O–H groups in total. The van der Waals surface area contributed by atoms with Crippen molar-refractivity contribution in [2.24, 2.45) is 17.3 Å². The van der Waals surface area contributed by atoms with Gasteiger partial charge in [0.25, 0.3) is 6.10 Å². The van der Waals surface area contributed by atoms with Gasteiger partial charge in [-0.1, -0.05) is 6.58 Å². The summed E-state index contributed by atoms with van der Waals surface area (Å²) in [7, 11) is -6.53. The van der Waals surface area contributed by atoms with Crippen LogP contribution in [0, 0.1) is 17.3 Å². The first-order chi connectivity index (χ1) is 13.9. The lowest BCUT2D eigenvalue weighted by molar-refractivity contribution is -0.269. The number of hydrogen-bond donors (Lipinski definition) is 1. The molecule has 0 radical (unpaired) electrons. The summed E-state index contributed by atoms with van der Waals surface area (Å²) in [6.45, 7) is 4.87. The van der Waals surface area contributed by atoms with Gasteiger partial charge in [-0.15, -0.1) is 0 Å². The lowest BCUT2D eigenvalue weighted by Crippen LogP contribution is -2.61. The lowest BCUT2D eigenvalue weighted by atomic mass is 9.48. The molecule has 0 saturated heterocycles. The van der Waals surface area contributed by atoms with Crippen LogP contribution in [-0.4, -0.2) is 48.0 Å². The SMILES string of the molecule is C=C(C)C(=O)OC12CC3CC(C1)CC(C(=O)OC(C(F)(F)F)C(F)(F)S(=O)(=O)O)(C3)C2. The topological polar surface area (TPSA) is 107 Å². The first-order valence-corrected chi connectivity index (χ1v) is 10.9. The molecule has 0 heterocycles. The van der Waals surface area contributed by atoms with Crippen molar-refractivity contribution in [2.45, 2.75) is 68.6 Å². The summed E-state index contributed by atoms with van der Waals surface area (Å²) in [6.07, 6.45) is -9.15. The van der Waals surface area contributed by atoms with E-state index in [1.165, 1.54) is 6.92 Å². The molecule has 0 aromatic heterocycles. The molecule has 7 nitrogen and oxygen atoms in total. The number of esters is 2. The van der Waals surface area contributed by atoms with E-state index in [1.807, 2.05) is 0 Å². The van der Waals surface area contributed by atoms with Gasteiger partial charge in [0.15, 0.2) is 0 Å². The fourth-order valence-electron chi connectivity index (χ4n) is 5.51. The van der Waals surface area contributed by atoms with Gasteiger partial charge in [0.1, 0.15) is 5.60 Å². The quantitative estimate of drug-likeness (QED) is 0.271. The van der Waals surface area contributed by atoms with Crippen molar-refractivity contribution in [1.82, 2.24) is 0 Å². The van der Waals surface area contributed by atoms with Gasteiger partial charge in [0.05, 0.1) is 5.41 Å². The van der Waals surface area contributed by atoms with Gasteiger partial charge in [0.2, 0.25) is 0 Å². The highest BCUT2D eigenvalue weighted by atomic mass is 32.2. The molecule has 4 aliphatic carbocycles. The van der Waals surface area contributed by atoms with E-state index in [1.54, 1.807) is 0 Å². The number of alkyl halides is 5. The smallest absolute Gasteiger partial charge is 0.432 e. The highest BCUT2D eigenvalue weighted by Gasteiger charge is 2.69. The molecule has 176 valence electrons. The molecule has 3 unspecified atom stereocenters. The molecule has 0 aliphatic heterocycles. The van der Waals surface area contributed by atoms with Crippen LogP contribution in [0.3, 0.4) is 0 Å². The maximum atomic E-state index is 13.8. The van der Waals surface area contributed by atoms with Gasteiger partial charge >= 0.3 is 33.5 Å². The predicted octanol–water partition coefficient (Wildman–Crippen LogP) is 3.40. The second-order valence-corrected chi connectivity index (χ2v) is 10.5. The van der Waals surface area contributed by atoms with Crippen LogP contribution < -0.4 is 0 Å². The van der Waals surface area contributed by atoms with Crippen molar-refractivity contribution in [1.29, 1.82) is 0 Å². The summed E-state index contributed by atoms with van der Waals surface area (Å²) in [6, 6.07) is 0. The Morgan fingerprint density at radius 2 is 1.61 bits per heavy atom. The second kappa shape index (κ2) is 7.12. The van der Waals surface area contributed by atoms with Crippen LogP contribution in [0.1, 0.15) is 45.4 Å². The van der Waals surface area contributed by atoms with E-state index in [9.17, 15) is 40.0 Å². The van der Waals surface area contributed by atoms with Crippen molar-refractivity contribution in [3.63, 3.8) is 0 Å². The fraction of sp³-hybridized carbons (Fsp3) is 0.778. The fourth-order valence-corrected chi connectivity index (χ4v) is 5.97. The average molecular weight is 476 g/mol. The Kier molecular flexibility index (Phi) is 5.49. The van der Waals surface area contributed by atoms with Gasteiger partial charge in [-0.25, -0.2) is 4.79 Å². The largest absolute Gasteiger partial charge is 0.456 e. The van der Waals surface area contributed by atoms with Crippen LogP contribution >= 0.6 is 0 Å². The summed E-state index contributed by atoms with van der Waals surface area (Å²) in [5, 5.41) is -5.80. The minimum absolute atomic E-state index is 0.0384. The summed E-state index contributed by atoms with van der Waals surface area (Å²) < 4.78 is 107. The Hall–Kier alpha value is -1.76. The zero-order valence-electron chi connectivity index (χ0n) is 16.4. The molecule has 13 heteroatoms. The molecule has 0 spiro atoms. The Morgan fingerprint density at radius 1 is 1.10 bits per heavy atom. The van der Waals surface area contributed by atoms with Gasteiger partial charge in [-0.3, -0.25) is 9.35 Å². The molecule has 4 fully saturated rings. The van der Waals surface area contributed by atoms with Gasteiger partial charge in [-0.2, -0.15) is 30.4 Å². The number of rotatable bonds is 6. The first kappa shape index (κ1) is 23.9. The normalized spacial score (nSPS) is 33.6. The van der Waals surface area contributed by atoms with E-state index in [4.69, 9.17) is 9.29 Å². The molecular weight excluding hydrogens is 455 g/mol. The Labute approximate surface area is 174 Å². The summed E-state index contributed by atoms with van der Waals surface area (Å²) >= 11 is 0. The van der Waals surface area contributed by atoms with Crippen molar-refractivity contribution in [3.8, 4) is 0 Å². The zero-order valence-corrected chi connectivity index (χ0v) is 17.2. The standard InChI is InChI=1S/C18H21F5O7S/c1-9(2)12(24)30-16-6-10-3-11(7-16)5-15(4-10,8-16)14(25)29-13(17(19,20)21)18(22,23)31(26,27)28/h10-11,13H,1,3-8H2,2H3,(H,26,27,28). The van der Waals surface area contributed by atoms with Gasteiger partial charge in [-0.05, 0) is 50.9 Å². The molecule has 4 saturated carbocycles. The van der Waals surface area contributed by atoms with E-state index >= 15 is 0 Å². The number of hydrogen-bond acceptors (Lipinski definition) is 6. The number of carbonyl (C=O) groups excluding carboxylic acids is 2. The Balaban J connectivity index is 1.91. The number of carbonyl (C=O) groups is 2. The predicted molar refractivity (Wildman–Crippen MR) is 93.2 cm³/mol.